The molecule has 4 rings (SSSR count). The number of aromatic amines is 1. The van der Waals surface area contributed by atoms with E-state index in [0.29, 0.717) is 30.4 Å². The maximum absolute atomic E-state index is 12.9. The number of benzene rings is 2. The van der Waals surface area contributed by atoms with E-state index < -0.39 is 0 Å². The maximum atomic E-state index is 12.9. The Hall–Kier alpha value is -2.90. The maximum Gasteiger partial charge on any atom is 0.253 e. The van der Waals surface area contributed by atoms with E-state index in [1.807, 2.05) is 49.4 Å². The lowest BCUT2D eigenvalue weighted by Gasteiger charge is -2.28. The van der Waals surface area contributed by atoms with E-state index in [9.17, 15) is 4.79 Å². The highest BCUT2D eigenvalue weighted by Gasteiger charge is 2.17. The van der Waals surface area contributed by atoms with Crippen molar-refractivity contribution in [1.82, 2.24) is 20.1 Å². The fourth-order valence-corrected chi connectivity index (χ4v) is 4.44. The minimum atomic E-state index is -0.0799. The average Bonchev–Trinajstić information content (AvgIpc) is 3.35. The first-order valence-electron chi connectivity index (χ1n) is 11.7. The Labute approximate surface area is 200 Å². The van der Waals surface area contributed by atoms with Crippen molar-refractivity contribution >= 4 is 28.2 Å². The summed E-state index contributed by atoms with van der Waals surface area (Å²) in [6, 6.07) is 17.9. The van der Waals surface area contributed by atoms with Gasteiger partial charge in [0.05, 0.1) is 13.2 Å². The van der Waals surface area contributed by atoms with Crippen LogP contribution in [0.1, 0.15) is 30.9 Å². The van der Waals surface area contributed by atoms with Crippen LogP contribution in [0.25, 0.3) is 10.9 Å². The van der Waals surface area contributed by atoms with Crippen LogP contribution in [-0.4, -0.2) is 52.7 Å². The van der Waals surface area contributed by atoms with Gasteiger partial charge in [0.2, 0.25) is 0 Å². The zero-order chi connectivity index (χ0) is 23.0. The molecule has 2 N–H and O–H groups in total. The standard InChI is InChI=1S/C26H32N4O2S/c1-2-32-23-10-11-24-21(17-23)16-22(25(31)28-24)19-30(15-14-29-12-6-7-13-29)26(33)27-18-20-8-4-3-5-9-20/h3-5,8-11,16-17H,2,6-7,12-15,18-19H2,1H3,(H,27,33)(H,28,31). The smallest absolute Gasteiger partial charge is 0.253 e. The molecule has 0 radical (unpaired) electrons. The first-order chi connectivity index (χ1) is 16.1. The molecule has 33 heavy (non-hydrogen) atoms. The number of aromatic nitrogens is 1. The van der Waals surface area contributed by atoms with Crippen molar-refractivity contribution in [3.05, 3.63) is 76.1 Å². The summed E-state index contributed by atoms with van der Waals surface area (Å²) < 4.78 is 5.63. The van der Waals surface area contributed by atoms with Gasteiger partial charge in [-0.3, -0.25) is 4.79 Å². The largest absolute Gasteiger partial charge is 0.494 e. The molecular weight excluding hydrogens is 432 g/mol. The normalized spacial score (nSPS) is 13.8. The van der Waals surface area contributed by atoms with E-state index in [2.05, 4.69) is 32.2 Å². The summed E-state index contributed by atoms with van der Waals surface area (Å²) in [4.78, 5) is 20.4. The Morgan fingerprint density at radius 3 is 2.70 bits per heavy atom. The van der Waals surface area contributed by atoms with E-state index in [-0.39, 0.29) is 5.56 Å². The van der Waals surface area contributed by atoms with E-state index in [4.69, 9.17) is 17.0 Å². The predicted molar refractivity (Wildman–Crippen MR) is 138 cm³/mol. The van der Waals surface area contributed by atoms with Crippen molar-refractivity contribution in [3.8, 4) is 5.75 Å². The van der Waals surface area contributed by atoms with Gasteiger partial charge in [0, 0.05) is 36.1 Å². The van der Waals surface area contributed by atoms with Crippen LogP contribution in [0.2, 0.25) is 0 Å². The van der Waals surface area contributed by atoms with Crippen LogP contribution >= 0.6 is 12.2 Å². The Bertz CT molecular complexity index is 1130. The van der Waals surface area contributed by atoms with Gasteiger partial charge in [-0.05, 0) is 74.9 Å². The Balaban J connectivity index is 1.52. The lowest BCUT2D eigenvalue weighted by Crippen LogP contribution is -2.43. The van der Waals surface area contributed by atoms with Crippen LogP contribution in [0.15, 0.2) is 59.4 Å². The van der Waals surface area contributed by atoms with Gasteiger partial charge in [0.15, 0.2) is 5.11 Å². The number of H-pyrrole nitrogens is 1. The number of hydrogen-bond donors (Lipinski definition) is 2. The van der Waals surface area contributed by atoms with Crippen LogP contribution in [0.3, 0.4) is 0 Å². The molecule has 174 valence electrons. The molecule has 0 atom stereocenters. The molecule has 2 heterocycles. The third-order valence-electron chi connectivity index (χ3n) is 6.02. The summed E-state index contributed by atoms with van der Waals surface area (Å²) in [5.41, 5.74) is 2.59. The molecule has 0 saturated carbocycles. The lowest BCUT2D eigenvalue weighted by molar-refractivity contribution is 0.285. The summed E-state index contributed by atoms with van der Waals surface area (Å²) in [6.07, 6.45) is 2.51. The second kappa shape index (κ2) is 11.3. The molecule has 1 aromatic heterocycles. The van der Waals surface area contributed by atoms with Gasteiger partial charge in [-0.1, -0.05) is 30.3 Å². The molecule has 3 aromatic rings. The highest BCUT2D eigenvalue weighted by Crippen LogP contribution is 2.20. The fraction of sp³-hybridized carbons (Fsp3) is 0.385. The number of likely N-dealkylation sites (tertiary alicyclic amines) is 1. The van der Waals surface area contributed by atoms with Crippen molar-refractivity contribution in [1.29, 1.82) is 0 Å². The molecule has 0 bridgehead atoms. The first-order valence-corrected chi connectivity index (χ1v) is 12.1. The summed E-state index contributed by atoms with van der Waals surface area (Å²) in [5, 5.41) is 5.01. The van der Waals surface area contributed by atoms with Crippen LogP contribution < -0.4 is 15.6 Å². The van der Waals surface area contributed by atoms with Gasteiger partial charge >= 0.3 is 0 Å². The number of nitrogens with zero attached hydrogens (tertiary/aromatic N) is 2. The molecule has 0 aliphatic carbocycles. The molecule has 0 spiro atoms. The number of hydrogen-bond acceptors (Lipinski definition) is 4. The number of thiocarbonyl (C=S) groups is 1. The third kappa shape index (κ3) is 6.33. The predicted octanol–water partition coefficient (Wildman–Crippen LogP) is 3.90. The molecule has 1 saturated heterocycles. The summed E-state index contributed by atoms with van der Waals surface area (Å²) >= 11 is 5.77. The zero-order valence-electron chi connectivity index (χ0n) is 19.2. The van der Waals surface area contributed by atoms with Gasteiger partial charge in [-0.25, -0.2) is 0 Å². The summed E-state index contributed by atoms with van der Waals surface area (Å²) in [6.45, 7) is 7.66. The monoisotopic (exact) mass is 464 g/mol. The lowest BCUT2D eigenvalue weighted by atomic mass is 10.1. The Kier molecular flexibility index (Phi) is 7.96. The van der Waals surface area contributed by atoms with Crippen LogP contribution in [0.5, 0.6) is 5.75 Å². The number of fused-ring (bicyclic) bond motifs is 1. The van der Waals surface area contributed by atoms with Gasteiger partial charge in [0.25, 0.3) is 5.56 Å². The van der Waals surface area contributed by atoms with E-state index >= 15 is 0 Å². The Morgan fingerprint density at radius 2 is 1.94 bits per heavy atom. The van der Waals surface area contributed by atoms with Crippen LogP contribution in [-0.2, 0) is 13.1 Å². The number of rotatable bonds is 9. The molecule has 0 unspecified atom stereocenters. The highest BCUT2D eigenvalue weighted by atomic mass is 32.1. The second-order valence-corrected chi connectivity index (χ2v) is 8.81. The summed E-state index contributed by atoms with van der Waals surface area (Å²) in [7, 11) is 0. The summed E-state index contributed by atoms with van der Waals surface area (Å²) in [5.74, 6) is 0.800. The highest BCUT2D eigenvalue weighted by molar-refractivity contribution is 7.80. The minimum Gasteiger partial charge on any atom is -0.494 e. The molecule has 1 aliphatic rings. The quantitative estimate of drug-likeness (QED) is 0.469. The van der Waals surface area contributed by atoms with Crippen molar-refractivity contribution in [2.45, 2.75) is 32.9 Å². The topological polar surface area (TPSA) is 60.6 Å². The molecule has 0 amide bonds. The van der Waals surface area contributed by atoms with Crippen molar-refractivity contribution in [3.63, 3.8) is 0 Å². The minimum absolute atomic E-state index is 0.0799. The van der Waals surface area contributed by atoms with Crippen molar-refractivity contribution in [2.24, 2.45) is 0 Å². The van der Waals surface area contributed by atoms with E-state index in [1.165, 1.54) is 18.4 Å². The second-order valence-electron chi connectivity index (χ2n) is 8.42. The van der Waals surface area contributed by atoms with Gasteiger partial charge < -0.3 is 24.8 Å². The molecule has 6 nitrogen and oxygen atoms in total. The molecule has 1 fully saturated rings. The average molecular weight is 465 g/mol. The van der Waals surface area contributed by atoms with Crippen molar-refractivity contribution < 1.29 is 4.74 Å². The van der Waals surface area contributed by atoms with Gasteiger partial charge in [-0.2, -0.15) is 0 Å². The molecule has 7 heteroatoms. The molecular formula is C26H32N4O2S. The molecule has 1 aliphatic heterocycles. The van der Waals surface area contributed by atoms with Crippen LogP contribution in [0, 0.1) is 0 Å². The van der Waals surface area contributed by atoms with E-state index in [0.717, 1.165) is 42.8 Å². The van der Waals surface area contributed by atoms with Gasteiger partial charge in [-0.15, -0.1) is 0 Å². The Morgan fingerprint density at radius 1 is 1.15 bits per heavy atom. The van der Waals surface area contributed by atoms with Gasteiger partial charge in [0.1, 0.15) is 5.75 Å². The number of pyridine rings is 1. The van der Waals surface area contributed by atoms with E-state index in [1.54, 1.807) is 0 Å². The SMILES string of the molecule is CCOc1ccc2[nH]c(=O)c(CN(CCN3CCCC3)C(=S)NCc3ccccc3)cc2c1. The third-order valence-corrected chi connectivity index (χ3v) is 6.43. The van der Waals surface area contributed by atoms with Crippen LogP contribution in [0.4, 0.5) is 0 Å². The number of ether oxygens (including phenoxy) is 1. The first kappa shape index (κ1) is 23.3. The fourth-order valence-electron chi connectivity index (χ4n) is 4.22. The molecule has 2 aromatic carbocycles. The zero-order valence-corrected chi connectivity index (χ0v) is 20.0. The number of nitrogens with one attached hydrogen (secondary N) is 2. The van der Waals surface area contributed by atoms with Crippen molar-refractivity contribution in [2.75, 3.05) is 32.8 Å².